The summed E-state index contributed by atoms with van der Waals surface area (Å²) >= 11 is 0. The van der Waals surface area contributed by atoms with Crippen molar-refractivity contribution in [2.75, 3.05) is 0 Å². The molecule has 2 aliphatic carbocycles. The SMILES string of the molecule is CC(=O)C1(C)CCCC1=O.CC(=O)C1=CC(=O)CC1=O. The Balaban J connectivity index is 0.000000200. The summed E-state index contributed by atoms with van der Waals surface area (Å²) in [5, 5.41) is 0. The van der Waals surface area contributed by atoms with Crippen LogP contribution in [0.25, 0.3) is 0 Å². The van der Waals surface area contributed by atoms with Crippen molar-refractivity contribution in [2.24, 2.45) is 5.41 Å². The van der Waals surface area contributed by atoms with Crippen molar-refractivity contribution >= 4 is 28.9 Å². The molecule has 0 amide bonds. The van der Waals surface area contributed by atoms with E-state index in [0.29, 0.717) is 6.42 Å². The fourth-order valence-corrected chi connectivity index (χ4v) is 2.23. The zero-order chi connectivity index (χ0) is 15.5. The van der Waals surface area contributed by atoms with Crippen LogP contribution in [0.1, 0.15) is 46.5 Å². The Kier molecular flexibility index (Phi) is 4.87. The molecule has 108 valence electrons. The molecular formula is C15H18O5. The monoisotopic (exact) mass is 278 g/mol. The summed E-state index contributed by atoms with van der Waals surface area (Å²) in [4.78, 5) is 53.9. The molecule has 5 nitrogen and oxygen atoms in total. The lowest BCUT2D eigenvalue weighted by Gasteiger charge is -2.16. The number of ketones is 5. The van der Waals surface area contributed by atoms with Gasteiger partial charge in [0.25, 0.3) is 0 Å². The lowest BCUT2D eigenvalue weighted by Crippen LogP contribution is -2.29. The number of hydrogen-bond acceptors (Lipinski definition) is 5. The van der Waals surface area contributed by atoms with Crippen molar-refractivity contribution in [1.29, 1.82) is 0 Å². The molecule has 0 aromatic rings. The fourth-order valence-electron chi connectivity index (χ4n) is 2.23. The summed E-state index contributed by atoms with van der Waals surface area (Å²) in [5.74, 6) is -0.793. The van der Waals surface area contributed by atoms with Gasteiger partial charge in [-0.3, -0.25) is 24.0 Å². The Hall–Kier alpha value is -1.91. The summed E-state index contributed by atoms with van der Waals surface area (Å²) in [6.07, 6.45) is 3.21. The Labute approximate surface area is 117 Å². The van der Waals surface area contributed by atoms with Gasteiger partial charge in [0, 0.05) is 6.42 Å². The molecule has 0 aromatic carbocycles. The van der Waals surface area contributed by atoms with E-state index < -0.39 is 5.41 Å². The maximum absolute atomic E-state index is 11.1. The van der Waals surface area contributed by atoms with E-state index in [1.54, 1.807) is 6.92 Å². The second kappa shape index (κ2) is 6.03. The van der Waals surface area contributed by atoms with Gasteiger partial charge in [0.2, 0.25) is 0 Å². The van der Waals surface area contributed by atoms with Crippen molar-refractivity contribution in [3.63, 3.8) is 0 Å². The molecule has 1 saturated carbocycles. The van der Waals surface area contributed by atoms with Crippen molar-refractivity contribution in [2.45, 2.75) is 46.5 Å². The van der Waals surface area contributed by atoms with Crippen LogP contribution in [0.2, 0.25) is 0 Å². The highest BCUT2D eigenvalue weighted by atomic mass is 16.2. The molecule has 0 bridgehead atoms. The smallest absolute Gasteiger partial charge is 0.174 e. The minimum Gasteiger partial charge on any atom is -0.299 e. The first-order chi connectivity index (χ1) is 9.18. The van der Waals surface area contributed by atoms with Crippen LogP contribution >= 0.6 is 0 Å². The zero-order valence-corrected chi connectivity index (χ0v) is 11.9. The number of allylic oxidation sites excluding steroid dienone is 2. The van der Waals surface area contributed by atoms with E-state index in [9.17, 15) is 24.0 Å². The molecular weight excluding hydrogens is 260 g/mol. The van der Waals surface area contributed by atoms with E-state index in [0.717, 1.165) is 18.9 Å². The molecule has 1 unspecified atom stereocenters. The summed E-state index contributed by atoms with van der Waals surface area (Å²) in [6.45, 7) is 4.54. The third-order valence-electron chi connectivity index (χ3n) is 3.79. The van der Waals surface area contributed by atoms with Gasteiger partial charge in [-0.25, -0.2) is 0 Å². The number of hydrogen-bond donors (Lipinski definition) is 0. The van der Waals surface area contributed by atoms with Crippen LogP contribution in [0.4, 0.5) is 0 Å². The van der Waals surface area contributed by atoms with E-state index in [-0.39, 0.29) is 40.9 Å². The molecule has 2 aliphatic rings. The van der Waals surface area contributed by atoms with E-state index in [4.69, 9.17) is 0 Å². The molecule has 0 N–H and O–H groups in total. The molecule has 0 aliphatic heterocycles. The fraction of sp³-hybridized carbons (Fsp3) is 0.533. The highest BCUT2D eigenvalue weighted by molar-refractivity contribution is 6.31. The van der Waals surface area contributed by atoms with Crippen LogP contribution < -0.4 is 0 Å². The topological polar surface area (TPSA) is 85.3 Å². The summed E-state index contributed by atoms with van der Waals surface area (Å²) in [6, 6.07) is 0. The van der Waals surface area contributed by atoms with Gasteiger partial charge in [0.1, 0.15) is 11.6 Å². The maximum Gasteiger partial charge on any atom is 0.174 e. The lowest BCUT2D eigenvalue weighted by atomic mass is 9.84. The average molecular weight is 278 g/mol. The number of carbonyl (C=O) groups excluding carboxylic acids is 5. The highest BCUT2D eigenvalue weighted by Gasteiger charge is 2.41. The second-order valence-corrected chi connectivity index (χ2v) is 5.35. The van der Waals surface area contributed by atoms with Crippen LogP contribution in [0, 0.1) is 5.41 Å². The maximum atomic E-state index is 11.1. The average Bonchev–Trinajstić information content (AvgIpc) is 2.84. The number of carbonyl (C=O) groups is 5. The van der Waals surface area contributed by atoms with Crippen molar-refractivity contribution in [3.05, 3.63) is 11.6 Å². The van der Waals surface area contributed by atoms with Gasteiger partial charge < -0.3 is 0 Å². The number of Topliss-reactive ketones (excluding diaryl/α,β-unsaturated/α-hetero) is 4. The molecule has 2 rings (SSSR count). The predicted molar refractivity (Wildman–Crippen MR) is 71.0 cm³/mol. The van der Waals surface area contributed by atoms with Gasteiger partial charge in [0.05, 0.1) is 17.4 Å². The van der Waals surface area contributed by atoms with Gasteiger partial charge in [-0.05, 0) is 39.7 Å². The zero-order valence-electron chi connectivity index (χ0n) is 11.9. The van der Waals surface area contributed by atoms with E-state index in [1.807, 2.05) is 0 Å². The molecule has 0 aromatic heterocycles. The Bertz CT molecular complexity index is 526. The van der Waals surface area contributed by atoms with Crippen LogP contribution in [-0.4, -0.2) is 28.9 Å². The summed E-state index contributed by atoms with van der Waals surface area (Å²) in [7, 11) is 0. The third kappa shape index (κ3) is 3.35. The lowest BCUT2D eigenvalue weighted by molar-refractivity contribution is -0.136. The third-order valence-corrected chi connectivity index (χ3v) is 3.79. The van der Waals surface area contributed by atoms with Gasteiger partial charge in [-0.1, -0.05) is 0 Å². The molecule has 0 heterocycles. The second-order valence-electron chi connectivity index (χ2n) is 5.35. The first kappa shape index (κ1) is 16.1. The first-order valence-electron chi connectivity index (χ1n) is 6.51. The summed E-state index contributed by atoms with van der Waals surface area (Å²) in [5.41, 5.74) is -0.579. The van der Waals surface area contributed by atoms with Crippen molar-refractivity contribution in [3.8, 4) is 0 Å². The van der Waals surface area contributed by atoms with Gasteiger partial charge in [-0.15, -0.1) is 0 Å². The largest absolute Gasteiger partial charge is 0.299 e. The van der Waals surface area contributed by atoms with Crippen LogP contribution in [0.15, 0.2) is 11.6 Å². The van der Waals surface area contributed by atoms with E-state index in [2.05, 4.69) is 0 Å². The summed E-state index contributed by atoms with van der Waals surface area (Å²) < 4.78 is 0. The molecule has 0 saturated heterocycles. The molecule has 20 heavy (non-hydrogen) atoms. The van der Waals surface area contributed by atoms with Crippen LogP contribution in [0.5, 0.6) is 0 Å². The molecule has 1 fully saturated rings. The molecule has 0 spiro atoms. The van der Waals surface area contributed by atoms with Crippen LogP contribution in [-0.2, 0) is 24.0 Å². The van der Waals surface area contributed by atoms with Crippen LogP contribution in [0.3, 0.4) is 0 Å². The Morgan fingerprint density at radius 1 is 1.15 bits per heavy atom. The van der Waals surface area contributed by atoms with E-state index >= 15 is 0 Å². The van der Waals surface area contributed by atoms with Crippen molar-refractivity contribution in [1.82, 2.24) is 0 Å². The van der Waals surface area contributed by atoms with E-state index in [1.165, 1.54) is 13.8 Å². The minimum absolute atomic E-state index is 0.0231. The van der Waals surface area contributed by atoms with Gasteiger partial charge in [0.15, 0.2) is 17.3 Å². The molecule has 0 radical (unpaired) electrons. The van der Waals surface area contributed by atoms with Gasteiger partial charge >= 0.3 is 0 Å². The first-order valence-corrected chi connectivity index (χ1v) is 6.51. The standard InChI is InChI=1S/C8H12O2.C7H6O3/c1-6(9)8(2)5-3-4-7(8)10;1-4(8)6-2-5(9)3-7(6)10/h3-5H2,1-2H3;2H,3H2,1H3. The van der Waals surface area contributed by atoms with Crippen molar-refractivity contribution < 1.29 is 24.0 Å². The number of rotatable bonds is 2. The normalized spacial score (nSPS) is 25.1. The Morgan fingerprint density at radius 2 is 1.75 bits per heavy atom. The predicted octanol–water partition coefficient (Wildman–Crippen LogP) is 1.38. The highest BCUT2D eigenvalue weighted by Crippen LogP contribution is 2.34. The molecule has 1 atom stereocenters. The van der Waals surface area contributed by atoms with Gasteiger partial charge in [-0.2, -0.15) is 0 Å². The minimum atomic E-state index is -0.625. The quantitative estimate of drug-likeness (QED) is 0.562. The molecule has 5 heteroatoms. The Morgan fingerprint density at radius 3 is 1.95 bits per heavy atom.